The molecule has 18 heavy (non-hydrogen) atoms. The molecule has 1 aromatic heterocycles. The topological polar surface area (TPSA) is 72.2 Å². The minimum absolute atomic E-state index is 0.391. The summed E-state index contributed by atoms with van der Waals surface area (Å²) in [5.41, 5.74) is 0. The Bertz CT molecular complexity index is 367. The fourth-order valence-electron chi connectivity index (χ4n) is 2.24. The molecule has 2 heterocycles. The Morgan fingerprint density at radius 1 is 1.44 bits per heavy atom. The average Bonchev–Trinajstić information content (AvgIpc) is 2.78. The van der Waals surface area contributed by atoms with Gasteiger partial charge in [-0.2, -0.15) is 0 Å². The number of rotatable bonds is 7. The van der Waals surface area contributed by atoms with Gasteiger partial charge >= 0.3 is 0 Å². The zero-order valence-electron chi connectivity index (χ0n) is 10.9. The van der Waals surface area contributed by atoms with Crippen molar-refractivity contribution in [2.45, 2.75) is 44.9 Å². The molecule has 1 unspecified atom stereocenters. The van der Waals surface area contributed by atoms with Crippen LogP contribution in [0.15, 0.2) is 0 Å². The van der Waals surface area contributed by atoms with Gasteiger partial charge in [0.1, 0.15) is 11.6 Å². The Morgan fingerprint density at radius 2 is 2.33 bits per heavy atom. The first-order valence-corrected chi connectivity index (χ1v) is 6.60. The van der Waals surface area contributed by atoms with Gasteiger partial charge in [-0.1, -0.05) is 0 Å². The molecular weight excluding hydrogens is 232 g/mol. The lowest BCUT2D eigenvalue weighted by molar-refractivity contribution is 0.0593. The number of aromatic nitrogens is 3. The smallest absolute Gasteiger partial charge is 0.147 e. The molecule has 0 amide bonds. The quantitative estimate of drug-likeness (QED) is 0.675. The molecule has 0 fully saturated rings. The number of aliphatic hydroxyl groups excluding tert-OH is 1. The molecule has 102 valence electrons. The minimum Gasteiger partial charge on any atom is -0.391 e. The van der Waals surface area contributed by atoms with E-state index >= 15 is 0 Å². The fourth-order valence-corrected chi connectivity index (χ4v) is 2.24. The highest BCUT2D eigenvalue weighted by molar-refractivity contribution is 4.98. The number of nitrogens with zero attached hydrogens (tertiary/aromatic N) is 3. The van der Waals surface area contributed by atoms with Crippen molar-refractivity contribution in [1.82, 2.24) is 20.1 Å². The van der Waals surface area contributed by atoms with Crippen molar-refractivity contribution in [3.05, 3.63) is 11.6 Å². The first-order valence-electron chi connectivity index (χ1n) is 6.60. The Kier molecular flexibility index (Phi) is 5.10. The third-order valence-corrected chi connectivity index (χ3v) is 3.23. The molecular formula is C12H22N4O2. The van der Waals surface area contributed by atoms with Crippen LogP contribution in [-0.4, -0.2) is 46.2 Å². The number of hydrogen-bond acceptors (Lipinski definition) is 5. The summed E-state index contributed by atoms with van der Waals surface area (Å²) in [5.74, 6) is 2.11. The number of nitrogens with one attached hydrogen (secondary N) is 1. The van der Waals surface area contributed by atoms with Gasteiger partial charge in [-0.25, -0.2) is 0 Å². The average molecular weight is 254 g/mol. The number of aryl methyl sites for hydroxylation is 1. The summed E-state index contributed by atoms with van der Waals surface area (Å²) < 4.78 is 7.09. The summed E-state index contributed by atoms with van der Waals surface area (Å²) in [5, 5.41) is 21.2. The molecule has 0 bridgehead atoms. The van der Waals surface area contributed by atoms with Gasteiger partial charge in [0, 0.05) is 20.1 Å². The first kappa shape index (κ1) is 13.5. The van der Waals surface area contributed by atoms with Crippen LogP contribution in [0.1, 0.15) is 30.9 Å². The fraction of sp³-hybridized carbons (Fsp3) is 0.833. The molecule has 0 radical (unpaired) electrons. The van der Waals surface area contributed by atoms with Crippen LogP contribution in [0.4, 0.5) is 0 Å². The highest BCUT2D eigenvalue weighted by Crippen LogP contribution is 2.13. The van der Waals surface area contributed by atoms with Crippen molar-refractivity contribution in [1.29, 1.82) is 0 Å². The van der Waals surface area contributed by atoms with Crippen molar-refractivity contribution in [3.63, 3.8) is 0 Å². The minimum atomic E-state index is -0.394. The Labute approximate surface area is 107 Å². The summed E-state index contributed by atoms with van der Waals surface area (Å²) in [6.45, 7) is 2.90. The maximum Gasteiger partial charge on any atom is 0.147 e. The molecule has 6 nitrogen and oxygen atoms in total. The van der Waals surface area contributed by atoms with Gasteiger partial charge in [0.2, 0.25) is 0 Å². The second kappa shape index (κ2) is 6.82. The molecule has 0 spiro atoms. The predicted molar refractivity (Wildman–Crippen MR) is 67.2 cm³/mol. The Hall–Kier alpha value is -0.980. The van der Waals surface area contributed by atoms with Crippen LogP contribution in [0.5, 0.6) is 0 Å². The van der Waals surface area contributed by atoms with Crippen LogP contribution in [0.25, 0.3) is 0 Å². The van der Waals surface area contributed by atoms with E-state index in [1.54, 1.807) is 7.11 Å². The standard InChI is InChI=1S/C12H22N4O2/c1-18-9-10(17)5-6-13-8-12-15-14-11-4-2-3-7-16(11)12/h10,13,17H,2-9H2,1H3. The van der Waals surface area contributed by atoms with E-state index in [9.17, 15) is 5.11 Å². The lowest BCUT2D eigenvalue weighted by Crippen LogP contribution is -2.25. The second-order valence-corrected chi connectivity index (χ2v) is 4.72. The first-order chi connectivity index (χ1) is 8.81. The largest absolute Gasteiger partial charge is 0.391 e. The highest BCUT2D eigenvalue weighted by Gasteiger charge is 2.15. The van der Waals surface area contributed by atoms with E-state index in [-0.39, 0.29) is 0 Å². The second-order valence-electron chi connectivity index (χ2n) is 4.72. The van der Waals surface area contributed by atoms with E-state index < -0.39 is 6.10 Å². The zero-order chi connectivity index (χ0) is 12.8. The van der Waals surface area contributed by atoms with Crippen molar-refractivity contribution in [3.8, 4) is 0 Å². The van der Waals surface area contributed by atoms with Gasteiger partial charge in [0.15, 0.2) is 0 Å². The molecule has 0 saturated heterocycles. The van der Waals surface area contributed by atoms with Crippen LogP contribution >= 0.6 is 0 Å². The maximum absolute atomic E-state index is 9.50. The van der Waals surface area contributed by atoms with Gasteiger partial charge in [0.05, 0.1) is 19.3 Å². The molecule has 1 aliphatic rings. The Balaban J connectivity index is 1.72. The molecule has 0 aliphatic carbocycles. The van der Waals surface area contributed by atoms with E-state index in [4.69, 9.17) is 4.74 Å². The van der Waals surface area contributed by atoms with Gasteiger partial charge < -0.3 is 19.7 Å². The van der Waals surface area contributed by atoms with E-state index in [1.165, 1.54) is 12.8 Å². The number of methoxy groups -OCH3 is 1. The van der Waals surface area contributed by atoms with Crippen molar-refractivity contribution >= 4 is 0 Å². The van der Waals surface area contributed by atoms with E-state index in [1.807, 2.05) is 0 Å². The molecule has 2 rings (SSSR count). The van der Waals surface area contributed by atoms with Crippen molar-refractivity contribution in [2.75, 3.05) is 20.3 Å². The van der Waals surface area contributed by atoms with Crippen LogP contribution in [0, 0.1) is 0 Å². The molecule has 2 N–H and O–H groups in total. The maximum atomic E-state index is 9.50. The van der Waals surface area contributed by atoms with E-state index in [0.29, 0.717) is 19.6 Å². The molecule has 0 saturated carbocycles. The number of hydrogen-bond donors (Lipinski definition) is 2. The van der Waals surface area contributed by atoms with Gasteiger partial charge in [-0.15, -0.1) is 10.2 Å². The summed E-state index contributed by atoms with van der Waals surface area (Å²) in [4.78, 5) is 0. The molecule has 1 atom stereocenters. The predicted octanol–water partition coefficient (Wildman–Crippen LogP) is 0.101. The summed E-state index contributed by atoms with van der Waals surface area (Å²) in [6.07, 6.45) is 3.77. The van der Waals surface area contributed by atoms with Crippen LogP contribution in [0.3, 0.4) is 0 Å². The number of ether oxygens (including phenoxy) is 1. The lowest BCUT2D eigenvalue weighted by Gasteiger charge is -2.15. The van der Waals surface area contributed by atoms with Crippen molar-refractivity contribution < 1.29 is 9.84 Å². The number of fused-ring (bicyclic) bond motifs is 1. The summed E-state index contributed by atoms with van der Waals surface area (Å²) in [7, 11) is 1.60. The third-order valence-electron chi connectivity index (χ3n) is 3.23. The Morgan fingerprint density at radius 3 is 3.17 bits per heavy atom. The van der Waals surface area contributed by atoms with E-state index in [2.05, 4.69) is 20.1 Å². The lowest BCUT2D eigenvalue weighted by atomic mass is 10.2. The highest BCUT2D eigenvalue weighted by atomic mass is 16.5. The van der Waals surface area contributed by atoms with E-state index in [0.717, 1.165) is 31.2 Å². The SMILES string of the molecule is COCC(O)CCNCc1nnc2n1CCCC2. The molecule has 1 aliphatic heterocycles. The van der Waals surface area contributed by atoms with Gasteiger partial charge in [-0.3, -0.25) is 0 Å². The monoisotopic (exact) mass is 254 g/mol. The molecule has 1 aromatic rings. The van der Waals surface area contributed by atoms with Crippen molar-refractivity contribution in [2.24, 2.45) is 0 Å². The third kappa shape index (κ3) is 3.51. The molecule has 6 heteroatoms. The zero-order valence-corrected chi connectivity index (χ0v) is 10.9. The van der Waals surface area contributed by atoms with Crippen LogP contribution in [0.2, 0.25) is 0 Å². The molecule has 0 aromatic carbocycles. The normalized spacial score (nSPS) is 16.6. The number of aliphatic hydroxyl groups is 1. The summed E-state index contributed by atoms with van der Waals surface area (Å²) in [6, 6.07) is 0. The summed E-state index contributed by atoms with van der Waals surface area (Å²) >= 11 is 0. The van der Waals surface area contributed by atoms with Crippen LogP contribution < -0.4 is 5.32 Å². The van der Waals surface area contributed by atoms with Gasteiger partial charge in [-0.05, 0) is 25.8 Å². The van der Waals surface area contributed by atoms with Crippen LogP contribution in [-0.2, 0) is 24.2 Å². The van der Waals surface area contributed by atoms with Gasteiger partial charge in [0.25, 0.3) is 0 Å².